The second-order valence-electron chi connectivity index (χ2n) is 7.46. The van der Waals surface area contributed by atoms with E-state index in [-0.39, 0.29) is 23.9 Å². The third kappa shape index (κ3) is 4.89. The Kier molecular flexibility index (Phi) is 7.27. The van der Waals surface area contributed by atoms with Crippen molar-refractivity contribution < 1.29 is 14.3 Å². The molecule has 2 aliphatic rings. The molecule has 6 heteroatoms. The Morgan fingerprint density at radius 2 is 1.93 bits per heavy atom. The van der Waals surface area contributed by atoms with E-state index in [1.165, 1.54) is 0 Å². The lowest BCUT2D eigenvalue weighted by atomic mass is 9.85. The normalized spacial score (nSPS) is 25.4. The zero-order chi connectivity index (χ0) is 19.2. The van der Waals surface area contributed by atoms with Crippen LogP contribution in [-0.2, 0) is 14.3 Å². The minimum Gasteiger partial charge on any atom is -0.379 e. The van der Waals surface area contributed by atoms with Crippen LogP contribution in [0.15, 0.2) is 24.3 Å². The van der Waals surface area contributed by atoms with E-state index in [9.17, 15) is 9.59 Å². The van der Waals surface area contributed by atoms with E-state index in [2.05, 4.69) is 16.7 Å². The fraction of sp³-hybridized carbons (Fsp3) is 0.619. The van der Waals surface area contributed by atoms with Gasteiger partial charge in [-0.25, -0.2) is 0 Å². The van der Waals surface area contributed by atoms with Gasteiger partial charge >= 0.3 is 0 Å². The van der Waals surface area contributed by atoms with Crippen LogP contribution in [0.1, 0.15) is 44.2 Å². The van der Waals surface area contributed by atoms with Crippen molar-refractivity contribution in [1.82, 2.24) is 9.80 Å². The van der Waals surface area contributed by atoms with Gasteiger partial charge in [-0.2, -0.15) is 0 Å². The maximum absolute atomic E-state index is 13.3. The first-order valence-corrected chi connectivity index (χ1v) is 10.3. The van der Waals surface area contributed by atoms with Crippen LogP contribution in [0.4, 0.5) is 0 Å². The molecule has 0 aliphatic carbocycles. The topological polar surface area (TPSA) is 49.9 Å². The molecule has 148 valence electrons. The summed E-state index contributed by atoms with van der Waals surface area (Å²) < 4.78 is 5.46. The molecular formula is C21H29ClN2O3. The Labute approximate surface area is 166 Å². The predicted molar refractivity (Wildman–Crippen MR) is 106 cm³/mol. The van der Waals surface area contributed by atoms with Crippen molar-refractivity contribution in [2.75, 3.05) is 32.8 Å². The summed E-state index contributed by atoms with van der Waals surface area (Å²) in [5, 5.41) is 0.701. The molecule has 0 N–H and O–H groups in total. The molecule has 3 atom stereocenters. The number of carbonyl (C=O) groups excluding carboxylic acids is 2. The number of benzene rings is 1. The third-order valence-corrected chi connectivity index (χ3v) is 6.05. The van der Waals surface area contributed by atoms with E-state index in [4.69, 9.17) is 16.3 Å². The number of nitrogens with zero attached hydrogens (tertiary/aromatic N) is 2. The van der Waals surface area contributed by atoms with E-state index in [0.29, 0.717) is 11.4 Å². The van der Waals surface area contributed by atoms with Crippen molar-refractivity contribution in [1.29, 1.82) is 0 Å². The summed E-state index contributed by atoms with van der Waals surface area (Å²) in [5.41, 5.74) is 1.12. The molecule has 1 aromatic carbocycles. The van der Waals surface area contributed by atoms with Crippen molar-refractivity contribution in [2.24, 2.45) is 5.92 Å². The number of aldehydes is 1. The number of hydrogen-bond donors (Lipinski definition) is 0. The average molecular weight is 393 g/mol. The minimum atomic E-state index is -0.190. The highest BCUT2D eigenvalue weighted by molar-refractivity contribution is 6.30. The molecule has 27 heavy (non-hydrogen) atoms. The number of morpholine rings is 1. The molecule has 0 saturated carbocycles. The fourth-order valence-electron chi connectivity index (χ4n) is 4.26. The number of amides is 1. The summed E-state index contributed by atoms with van der Waals surface area (Å²) in [6.45, 7) is 6.30. The van der Waals surface area contributed by atoms with Gasteiger partial charge in [0.1, 0.15) is 6.29 Å². The predicted octanol–water partition coefficient (Wildman–Crippen LogP) is 3.32. The maximum atomic E-state index is 13.3. The van der Waals surface area contributed by atoms with Crippen LogP contribution in [0.5, 0.6) is 0 Å². The zero-order valence-corrected chi connectivity index (χ0v) is 16.7. The third-order valence-electron chi connectivity index (χ3n) is 5.80. The van der Waals surface area contributed by atoms with Gasteiger partial charge in [-0.1, -0.05) is 30.7 Å². The Hall–Kier alpha value is -1.43. The molecule has 3 unspecified atom stereocenters. The molecule has 2 fully saturated rings. The van der Waals surface area contributed by atoms with Gasteiger partial charge in [0.15, 0.2) is 0 Å². The number of rotatable bonds is 7. The van der Waals surface area contributed by atoms with Crippen LogP contribution < -0.4 is 0 Å². The summed E-state index contributed by atoms with van der Waals surface area (Å²) in [7, 11) is 0. The zero-order valence-electron chi connectivity index (χ0n) is 16.0. The van der Waals surface area contributed by atoms with Gasteiger partial charge in [-0.3, -0.25) is 9.69 Å². The van der Waals surface area contributed by atoms with E-state index in [1.807, 2.05) is 24.3 Å². The van der Waals surface area contributed by atoms with Crippen molar-refractivity contribution in [3.05, 3.63) is 34.9 Å². The van der Waals surface area contributed by atoms with Crippen molar-refractivity contribution in [2.45, 2.75) is 44.7 Å². The number of ether oxygens (including phenoxy) is 1. The molecule has 2 heterocycles. The highest BCUT2D eigenvalue weighted by Gasteiger charge is 2.39. The fourth-order valence-corrected chi connectivity index (χ4v) is 4.39. The summed E-state index contributed by atoms with van der Waals surface area (Å²) in [6, 6.07) is 8.00. The van der Waals surface area contributed by atoms with E-state index >= 15 is 0 Å². The molecule has 3 rings (SSSR count). The second-order valence-corrected chi connectivity index (χ2v) is 7.90. The standard InChI is InChI=1S/C21H29ClN2O3/c1-2-19(15-23-10-13-27-14-11-23)24-20(16-3-6-18(22)7-4-16)8-5-17(9-12-25)21(24)26/h3-4,6-7,12,17,19-20H,2,5,8-11,13-15H2,1H3. The summed E-state index contributed by atoms with van der Waals surface area (Å²) in [5.74, 6) is -0.0711. The molecule has 2 saturated heterocycles. The van der Waals surface area contributed by atoms with E-state index < -0.39 is 0 Å². The number of carbonyl (C=O) groups is 2. The van der Waals surface area contributed by atoms with Crippen LogP contribution in [0.3, 0.4) is 0 Å². The number of likely N-dealkylation sites (tertiary alicyclic amines) is 1. The molecule has 5 nitrogen and oxygen atoms in total. The number of halogens is 1. The molecular weight excluding hydrogens is 364 g/mol. The molecule has 0 aromatic heterocycles. The lowest BCUT2D eigenvalue weighted by Gasteiger charge is -2.45. The summed E-state index contributed by atoms with van der Waals surface area (Å²) in [4.78, 5) is 28.8. The van der Waals surface area contributed by atoms with Gasteiger partial charge in [0.2, 0.25) is 5.91 Å². The van der Waals surface area contributed by atoms with Crippen molar-refractivity contribution >= 4 is 23.8 Å². The van der Waals surface area contributed by atoms with Crippen molar-refractivity contribution in [3.8, 4) is 0 Å². The van der Waals surface area contributed by atoms with Crippen LogP contribution in [-0.4, -0.2) is 60.9 Å². The van der Waals surface area contributed by atoms with Gasteiger partial charge in [0.25, 0.3) is 0 Å². The Morgan fingerprint density at radius 3 is 2.56 bits per heavy atom. The van der Waals surface area contributed by atoms with E-state index in [0.717, 1.165) is 64.0 Å². The van der Waals surface area contributed by atoms with Crippen LogP contribution in [0.25, 0.3) is 0 Å². The van der Waals surface area contributed by atoms with Gasteiger partial charge in [0, 0.05) is 43.0 Å². The van der Waals surface area contributed by atoms with Gasteiger partial charge in [0.05, 0.1) is 19.3 Å². The lowest BCUT2D eigenvalue weighted by molar-refractivity contribution is -0.147. The first-order chi connectivity index (χ1) is 13.1. The number of piperidine rings is 1. The first kappa shape index (κ1) is 20.3. The molecule has 2 aliphatic heterocycles. The van der Waals surface area contributed by atoms with Gasteiger partial charge in [-0.05, 0) is 37.0 Å². The largest absolute Gasteiger partial charge is 0.379 e. The molecule has 0 spiro atoms. The van der Waals surface area contributed by atoms with Gasteiger partial charge < -0.3 is 14.4 Å². The monoisotopic (exact) mass is 392 g/mol. The summed E-state index contributed by atoms with van der Waals surface area (Å²) in [6.07, 6.45) is 3.73. The average Bonchev–Trinajstić information content (AvgIpc) is 2.69. The van der Waals surface area contributed by atoms with Crippen LogP contribution in [0, 0.1) is 5.92 Å². The number of hydrogen-bond acceptors (Lipinski definition) is 4. The highest BCUT2D eigenvalue weighted by atomic mass is 35.5. The van der Waals surface area contributed by atoms with E-state index in [1.54, 1.807) is 0 Å². The Bertz CT molecular complexity index is 631. The quantitative estimate of drug-likeness (QED) is 0.668. The maximum Gasteiger partial charge on any atom is 0.226 e. The summed E-state index contributed by atoms with van der Waals surface area (Å²) >= 11 is 6.06. The van der Waals surface area contributed by atoms with Crippen LogP contribution in [0.2, 0.25) is 5.02 Å². The van der Waals surface area contributed by atoms with Gasteiger partial charge in [-0.15, -0.1) is 0 Å². The Balaban J connectivity index is 1.85. The molecule has 0 radical (unpaired) electrons. The smallest absolute Gasteiger partial charge is 0.226 e. The SMILES string of the molecule is CCC(CN1CCOCC1)N1C(=O)C(CC=O)CCC1c1ccc(Cl)cc1. The minimum absolute atomic E-state index is 0.0451. The first-order valence-electron chi connectivity index (χ1n) is 9.95. The highest BCUT2D eigenvalue weighted by Crippen LogP contribution is 2.38. The molecule has 0 bridgehead atoms. The molecule has 1 amide bonds. The second kappa shape index (κ2) is 9.67. The van der Waals surface area contributed by atoms with Crippen LogP contribution >= 0.6 is 11.6 Å². The Morgan fingerprint density at radius 1 is 1.22 bits per heavy atom. The van der Waals surface area contributed by atoms with Crippen molar-refractivity contribution in [3.63, 3.8) is 0 Å². The lowest BCUT2D eigenvalue weighted by Crippen LogP contribution is -2.53. The molecule has 1 aromatic rings.